The van der Waals surface area contributed by atoms with Crippen LogP contribution in [0.2, 0.25) is 0 Å². The maximum absolute atomic E-state index is 13.4. The van der Waals surface area contributed by atoms with Gasteiger partial charge in [0.1, 0.15) is 0 Å². The predicted molar refractivity (Wildman–Crippen MR) is 103 cm³/mol. The van der Waals surface area contributed by atoms with Crippen molar-refractivity contribution in [3.8, 4) is 0 Å². The van der Waals surface area contributed by atoms with Gasteiger partial charge in [0.05, 0.1) is 18.3 Å². The summed E-state index contributed by atoms with van der Waals surface area (Å²) in [5, 5.41) is 3.26. The lowest BCUT2D eigenvalue weighted by Gasteiger charge is -2.31. The Hall–Kier alpha value is -1.11. The largest absolute Gasteiger partial charge is 0.416 e. The van der Waals surface area contributed by atoms with Crippen molar-refractivity contribution in [1.29, 1.82) is 0 Å². The van der Waals surface area contributed by atoms with E-state index in [0.717, 1.165) is 25.6 Å². The van der Waals surface area contributed by atoms with Gasteiger partial charge >= 0.3 is 6.18 Å². The van der Waals surface area contributed by atoms with E-state index < -0.39 is 11.7 Å². The Bertz CT molecular complexity index is 456. The lowest BCUT2D eigenvalue weighted by molar-refractivity contribution is -0.0900. The van der Waals surface area contributed by atoms with Gasteiger partial charge in [-0.2, -0.15) is 13.2 Å². The molecule has 1 atom stereocenters. The summed E-state index contributed by atoms with van der Waals surface area (Å²) in [5.74, 6) is 0. The Morgan fingerprint density at radius 2 is 1.92 bits per heavy atom. The molecule has 1 unspecified atom stereocenters. The number of halogens is 3. The van der Waals surface area contributed by atoms with Crippen LogP contribution in [0, 0.1) is 0 Å². The number of ether oxygens (including phenoxy) is 1. The molecule has 0 aromatic carbocycles. The van der Waals surface area contributed by atoms with Crippen LogP contribution >= 0.6 is 0 Å². The fourth-order valence-corrected chi connectivity index (χ4v) is 2.65. The number of nitrogens with zero attached hydrogens (tertiary/aromatic N) is 1. The van der Waals surface area contributed by atoms with Crippen molar-refractivity contribution in [2.45, 2.75) is 59.4 Å². The fourth-order valence-electron chi connectivity index (χ4n) is 2.65. The third-order valence-electron chi connectivity index (χ3n) is 4.07. The first-order valence-corrected chi connectivity index (χ1v) is 9.29. The van der Waals surface area contributed by atoms with E-state index in [1.807, 2.05) is 32.6 Å². The normalized spacial score (nSPS) is 15.0. The van der Waals surface area contributed by atoms with E-state index in [1.54, 1.807) is 0 Å². The van der Waals surface area contributed by atoms with E-state index in [2.05, 4.69) is 11.9 Å². The second-order valence-electron chi connectivity index (χ2n) is 6.51. The molecule has 0 aromatic heterocycles. The average Bonchev–Trinajstić information content (AvgIpc) is 2.53. The minimum atomic E-state index is -4.38. The summed E-state index contributed by atoms with van der Waals surface area (Å²) in [6, 6.07) is 0.129. The van der Waals surface area contributed by atoms with Crippen molar-refractivity contribution in [1.82, 2.24) is 10.2 Å². The Labute approximate surface area is 157 Å². The second-order valence-corrected chi connectivity index (χ2v) is 6.51. The molecule has 152 valence electrons. The second kappa shape index (κ2) is 13.1. The van der Waals surface area contributed by atoms with Gasteiger partial charge in [-0.05, 0) is 52.8 Å². The van der Waals surface area contributed by atoms with Crippen LogP contribution in [-0.4, -0.2) is 56.0 Å². The van der Waals surface area contributed by atoms with Crippen LogP contribution in [-0.2, 0) is 4.74 Å². The van der Waals surface area contributed by atoms with Gasteiger partial charge in [0, 0.05) is 19.1 Å². The highest BCUT2D eigenvalue weighted by Gasteiger charge is 2.35. The Kier molecular flexibility index (Phi) is 12.6. The molecule has 3 nitrogen and oxygen atoms in total. The molecule has 0 aliphatic carbocycles. The van der Waals surface area contributed by atoms with E-state index in [0.29, 0.717) is 13.2 Å². The lowest BCUT2D eigenvalue weighted by atomic mass is 10.0. The molecule has 0 spiro atoms. The molecule has 0 fully saturated rings. The molecule has 1 N–H and O–H groups in total. The number of alkyl halides is 3. The maximum Gasteiger partial charge on any atom is 0.416 e. The molecule has 0 saturated heterocycles. The minimum Gasteiger partial charge on any atom is -0.377 e. The highest BCUT2D eigenvalue weighted by Crippen LogP contribution is 2.32. The fraction of sp³-hybridized carbons (Fsp3) is 0.700. The van der Waals surface area contributed by atoms with Crippen LogP contribution in [0.15, 0.2) is 36.0 Å². The zero-order valence-electron chi connectivity index (χ0n) is 16.8. The van der Waals surface area contributed by atoms with Gasteiger partial charge in [-0.3, -0.25) is 4.90 Å². The Balaban J connectivity index is 5.29. The summed E-state index contributed by atoms with van der Waals surface area (Å²) in [7, 11) is 0. The van der Waals surface area contributed by atoms with Gasteiger partial charge in [-0.25, -0.2) is 0 Å². The smallest absolute Gasteiger partial charge is 0.377 e. The van der Waals surface area contributed by atoms with Gasteiger partial charge < -0.3 is 10.1 Å². The monoisotopic (exact) mass is 376 g/mol. The summed E-state index contributed by atoms with van der Waals surface area (Å²) < 4.78 is 45.7. The molecule has 0 amide bonds. The summed E-state index contributed by atoms with van der Waals surface area (Å²) in [4.78, 5) is 2.05. The third-order valence-corrected chi connectivity index (χ3v) is 4.07. The van der Waals surface area contributed by atoms with Crippen molar-refractivity contribution in [2.75, 3.05) is 32.8 Å². The van der Waals surface area contributed by atoms with Crippen LogP contribution in [0.1, 0.15) is 41.0 Å². The van der Waals surface area contributed by atoms with E-state index in [4.69, 9.17) is 4.74 Å². The zero-order chi connectivity index (χ0) is 20.2. The van der Waals surface area contributed by atoms with Gasteiger partial charge in [-0.15, -0.1) is 0 Å². The van der Waals surface area contributed by atoms with Crippen LogP contribution in [0.3, 0.4) is 0 Å². The van der Waals surface area contributed by atoms with Crippen molar-refractivity contribution < 1.29 is 17.9 Å². The third kappa shape index (κ3) is 10.1. The van der Waals surface area contributed by atoms with Crippen LogP contribution in [0.4, 0.5) is 13.2 Å². The lowest BCUT2D eigenvalue weighted by Crippen LogP contribution is -2.40. The molecule has 0 aliphatic heterocycles. The molecule has 0 aromatic rings. The first-order chi connectivity index (χ1) is 12.2. The summed E-state index contributed by atoms with van der Waals surface area (Å²) in [5.41, 5.74) is -0.374. The summed E-state index contributed by atoms with van der Waals surface area (Å²) >= 11 is 0. The molecular formula is C20H35F3N2O. The van der Waals surface area contributed by atoms with Gasteiger partial charge in [-0.1, -0.05) is 31.7 Å². The minimum absolute atomic E-state index is 0.0957. The van der Waals surface area contributed by atoms with Crippen LogP contribution in [0.25, 0.3) is 0 Å². The molecule has 26 heavy (non-hydrogen) atoms. The quantitative estimate of drug-likeness (QED) is 0.372. The van der Waals surface area contributed by atoms with Crippen molar-refractivity contribution in [2.24, 2.45) is 0 Å². The molecule has 0 aliphatic rings. The zero-order valence-corrected chi connectivity index (χ0v) is 16.8. The maximum atomic E-state index is 13.4. The number of allylic oxidation sites excluding steroid dienone is 3. The van der Waals surface area contributed by atoms with Gasteiger partial charge in [0.25, 0.3) is 0 Å². The topological polar surface area (TPSA) is 24.5 Å². The first kappa shape index (κ1) is 24.9. The van der Waals surface area contributed by atoms with Crippen molar-refractivity contribution in [3.05, 3.63) is 36.0 Å². The molecule has 0 radical (unpaired) electrons. The van der Waals surface area contributed by atoms with Crippen LogP contribution in [0.5, 0.6) is 0 Å². The molecule has 0 saturated carbocycles. The highest BCUT2D eigenvalue weighted by atomic mass is 19.4. The van der Waals surface area contributed by atoms with Crippen LogP contribution < -0.4 is 5.32 Å². The average molecular weight is 377 g/mol. The van der Waals surface area contributed by atoms with Gasteiger partial charge in [0.15, 0.2) is 0 Å². The molecule has 0 heterocycles. The first-order valence-electron chi connectivity index (χ1n) is 9.29. The van der Waals surface area contributed by atoms with E-state index >= 15 is 0 Å². The Morgan fingerprint density at radius 1 is 1.27 bits per heavy atom. The molecular weight excluding hydrogens is 341 g/mol. The predicted octanol–water partition coefficient (Wildman–Crippen LogP) is 4.72. The number of hydrogen-bond acceptors (Lipinski definition) is 3. The van der Waals surface area contributed by atoms with E-state index in [9.17, 15) is 13.2 Å². The van der Waals surface area contributed by atoms with Gasteiger partial charge in [0.2, 0.25) is 0 Å². The molecule has 0 rings (SSSR count). The summed E-state index contributed by atoms with van der Waals surface area (Å²) in [6.45, 7) is 15.9. The number of nitrogens with one attached hydrogen (secondary N) is 1. The van der Waals surface area contributed by atoms with Crippen molar-refractivity contribution in [3.63, 3.8) is 0 Å². The molecule has 6 heteroatoms. The summed E-state index contributed by atoms with van der Waals surface area (Å²) in [6.07, 6.45) is 0.567. The van der Waals surface area contributed by atoms with E-state index in [-0.39, 0.29) is 24.3 Å². The highest BCUT2D eigenvalue weighted by molar-refractivity contribution is 5.37. The van der Waals surface area contributed by atoms with E-state index in [1.165, 1.54) is 19.1 Å². The standard InChI is InChI=1S/C20H35F3N2O/c1-7-10-18(19(8-2)20(21,22)23)15-25(13-14-26-16(4)5)17(6)11-12-24-9-3/h7-8,10,16-17,24H,1,9,11-15H2,2-6H3/b18-10-,19-8+. The van der Waals surface area contributed by atoms with Crippen molar-refractivity contribution >= 4 is 0 Å². The number of hydrogen-bond donors (Lipinski definition) is 1. The SMILES string of the molecule is C=C/C=C(CN(CCOC(C)C)C(C)CCNCC)\C(=C/C)C(F)(F)F. The molecule has 0 bridgehead atoms. The Morgan fingerprint density at radius 3 is 2.38 bits per heavy atom. The number of rotatable bonds is 13.